The SMILES string of the molecule is Cc1cc(Cl)ccc1OCC(=O)OC(CC(=O)O)C[N+](C)(C)C. The van der Waals surface area contributed by atoms with Crippen LogP contribution in [0.2, 0.25) is 5.02 Å². The molecule has 0 aliphatic rings. The van der Waals surface area contributed by atoms with Crippen molar-refractivity contribution in [2.24, 2.45) is 0 Å². The molecule has 0 fully saturated rings. The highest BCUT2D eigenvalue weighted by molar-refractivity contribution is 6.30. The molecule has 0 aliphatic heterocycles. The molecule has 0 radical (unpaired) electrons. The molecule has 0 aromatic heterocycles. The van der Waals surface area contributed by atoms with Gasteiger partial charge in [-0.15, -0.1) is 0 Å². The molecular weight excluding hydrogens is 322 g/mol. The second-order valence-corrected chi connectivity index (χ2v) is 6.82. The summed E-state index contributed by atoms with van der Waals surface area (Å²) in [7, 11) is 5.70. The fourth-order valence-corrected chi connectivity index (χ4v) is 2.31. The molecule has 6 nitrogen and oxygen atoms in total. The summed E-state index contributed by atoms with van der Waals surface area (Å²) in [5, 5.41) is 9.51. The fourth-order valence-electron chi connectivity index (χ4n) is 2.08. The Morgan fingerprint density at radius 1 is 1.30 bits per heavy atom. The highest BCUT2D eigenvalue weighted by atomic mass is 35.5. The van der Waals surface area contributed by atoms with E-state index in [1.807, 2.05) is 28.1 Å². The van der Waals surface area contributed by atoms with E-state index in [0.29, 0.717) is 21.8 Å². The average molecular weight is 345 g/mol. The molecule has 1 unspecified atom stereocenters. The second kappa shape index (κ2) is 8.17. The van der Waals surface area contributed by atoms with Crippen molar-refractivity contribution in [3.8, 4) is 5.75 Å². The van der Waals surface area contributed by atoms with Gasteiger partial charge < -0.3 is 19.1 Å². The van der Waals surface area contributed by atoms with Crippen molar-refractivity contribution < 1.29 is 28.7 Å². The summed E-state index contributed by atoms with van der Waals surface area (Å²) in [5.74, 6) is -1.07. The molecule has 0 saturated heterocycles. The van der Waals surface area contributed by atoms with E-state index in [9.17, 15) is 9.59 Å². The van der Waals surface area contributed by atoms with Crippen molar-refractivity contribution >= 4 is 23.5 Å². The van der Waals surface area contributed by atoms with Gasteiger partial charge in [0.2, 0.25) is 0 Å². The predicted octanol–water partition coefficient (Wildman–Crippen LogP) is 2.12. The topological polar surface area (TPSA) is 72.8 Å². The zero-order chi connectivity index (χ0) is 17.6. The highest BCUT2D eigenvalue weighted by Gasteiger charge is 2.25. The summed E-state index contributed by atoms with van der Waals surface area (Å²) in [6, 6.07) is 5.07. The number of hydrogen-bond acceptors (Lipinski definition) is 4. The molecule has 0 bridgehead atoms. The van der Waals surface area contributed by atoms with E-state index in [2.05, 4.69) is 0 Å². The van der Waals surface area contributed by atoms with Gasteiger partial charge in [0.25, 0.3) is 0 Å². The van der Waals surface area contributed by atoms with Crippen molar-refractivity contribution in [1.82, 2.24) is 0 Å². The molecule has 1 aromatic rings. The van der Waals surface area contributed by atoms with E-state index < -0.39 is 18.0 Å². The van der Waals surface area contributed by atoms with E-state index >= 15 is 0 Å². The van der Waals surface area contributed by atoms with Crippen LogP contribution in [0.1, 0.15) is 12.0 Å². The molecule has 1 atom stereocenters. The van der Waals surface area contributed by atoms with Gasteiger partial charge in [0, 0.05) is 5.02 Å². The van der Waals surface area contributed by atoms with E-state index in [1.165, 1.54) is 0 Å². The highest BCUT2D eigenvalue weighted by Crippen LogP contribution is 2.21. The van der Waals surface area contributed by atoms with Crippen LogP contribution < -0.4 is 4.74 Å². The first kappa shape index (κ1) is 19.3. The summed E-state index contributed by atoms with van der Waals surface area (Å²) in [5.41, 5.74) is 0.804. The zero-order valence-corrected chi connectivity index (χ0v) is 14.6. The Morgan fingerprint density at radius 3 is 2.48 bits per heavy atom. The Hall–Kier alpha value is -1.79. The molecular formula is C16H23ClNO5+. The Bertz CT molecular complexity index is 568. The summed E-state index contributed by atoms with van der Waals surface area (Å²) in [4.78, 5) is 22.8. The van der Waals surface area contributed by atoms with Gasteiger partial charge in [-0.25, -0.2) is 4.79 Å². The maximum Gasteiger partial charge on any atom is 0.344 e. The number of ether oxygens (including phenoxy) is 2. The van der Waals surface area contributed by atoms with E-state index in [-0.39, 0.29) is 13.0 Å². The third-order valence-corrected chi connectivity index (χ3v) is 3.17. The number of quaternary nitrogens is 1. The number of carboxylic acid groups (broad SMARTS) is 1. The molecule has 0 heterocycles. The van der Waals surface area contributed by atoms with Crippen LogP contribution in [0, 0.1) is 6.92 Å². The van der Waals surface area contributed by atoms with Gasteiger partial charge in [-0.3, -0.25) is 4.79 Å². The van der Waals surface area contributed by atoms with Crippen LogP contribution in [-0.2, 0) is 14.3 Å². The number of nitrogens with zero attached hydrogens (tertiary/aromatic N) is 1. The van der Waals surface area contributed by atoms with Crippen LogP contribution in [-0.4, -0.2) is 61.9 Å². The molecule has 0 aliphatic carbocycles. The minimum Gasteiger partial charge on any atom is -0.482 e. The monoisotopic (exact) mass is 344 g/mol. The molecule has 1 N–H and O–H groups in total. The normalized spacial score (nSPS) is 12.6. The molecule has 1 rings (SSSR count). The van der Waals surface area contributed by atoms with Crippen LogP contribution in [0.4, 0.5) is 0 Å². The first-order chi connectivity index (χ1) is 10.6. The van der Waals surface area contributed by atoms with Crippen molar-refractivity contribution in [1.29, 1.82) is 0 Å². The number of hydrogen-bond donors (Lipinski definition) is 1. The number of likely N-dealkylation sites (N-methyl/N-ethyl adjacent to an activating group) is 1. The van der Waals surface area contributed by atoms with Crippen molar-refractivity contribution in [2.45, 2.75) is 19.4 Å². The maximum absolute atomic E-state index is 11.9. The van der Waals surface area contributed by atoms with Gasteiger partial charge in [-0.05, 0) is 30.7 Å². The lowest BCUT2D eigenvalue weighted by molar-refractivity contribution is -0.873. The number of carbonyl (C=O) groups is 2. The Morgan fingerprint density at radius 2 is 1.96 bits per heavy atom. The third kappa shape index (κ3) is 7.85. The largest absolute Gasteiger partial charge is 0.482 e. The minimum atomic E-state index is -1.01. The smallest absolute Gasteiger partial charge is 0.344 e. The lowest BCUT2D eigenvalue weighted by Gasteiger charge is -2.28. The van der Waals surface area contributed by atoms with Crippen LogP contribution in [0.3, 0.4) is 0 Å². The van der Waals surface area contributed by atoms with Gasteiger partial charge in [0.1, 0.15) is 12.3 Å². The van der Waals surface area contributed by atoms with Crippen LogP contribution in [0.25, 0.3) is 0 Å². The Balaban J connectivity index is 2.59. The van der Waals surface area contributed by atoms with E-state index in [1.54, 1.807) is 18.2 Å². The van der Waals surface area contributed by atoms with Crippen molar-refractivity contribution in [3.63, 3.8) is 0 Å². The number of benzene rings is 1. The molecule has 128 valence electrons. The lowest BCUT2D eigenvalue weighted by Crippen LogP contribution is -2.44. The summed E-state index contributed by atoms with van der Waals surface area (Å²) in [6.45, 7) is 1.94. The van der Waals surface area contributed by atoms with Crippen LogP contribution in [0.15, 0.2) is 18.2 Å². The summed E-state index contributed by atoms with van der Waals surface area (Å²) in [6.07, 6.45) is -0.934. The van der Waals surface area contributed by atoms with E-state index in [4.69, 9.17) is 26.2 Å². The van der Waals surface area contributed by atoms with Gasteiger partial charge in [0.05, 0.1) is 27.6 Å². The Labute approximate surface area is 141 Å². The number of aryl methyl sites for hydroxylation is 1. The minimum absolute atomic E-state index is 0.235. The standard InChI is InChI=1S/C16H22ClNO5/c1-11-7-12(17)5-6-14(11)22-10-16(21)23-13(8-15(19)20)9-18(2,3)4/h5-7,13H,8-10H2,1-4H3/p+1. The first-order valence-corrected chi connectivity index (χ1v) is 7.55. The number of carbonyl (C=O) groups excluding carboxylic acids is 1. The molecule has 7 heteroatoms. The quantitative estimate of drug-likeness (QED) is 0.577. The first-order valence-electron chi connectivity index (χ1n) is 7.17. The zero-order valence-electron chi connectivity index (χ0n) is 13.8. The van der Waals surface area contributed by atoms with Gasteiger partial charge in [-0.1, -0.05) is 11.6 Å². The lowest BCUT2D eigenvalue weighted by atomic mass is 10.2. The molecule has 23 heavy (non-hydrogen) atoms. The summed E-state index contributed by atoms with van der Waals surface area (Å²) < 4.78 is 11.1. The Kier molecular flexibility index (Phi) is 6.84. The van der Waals surface area contributed by atoms with Gasteiger partial charge in [0.15, 0.2) is 12.7 Å². The second-order valence-electron chi connectivity index (χ2n) is 6.38. The number of aliphatic carboxylic acids is 1. The molecule has 0 amide bonds. The third-order valence-electron chi connectivity index (χ3n) is 2.93. The predicted molar refractivity (Wildman–Crippen MR) is 86.7 cm³/mol. The average Bonchev–Trinajstić information content (AvgIpc) is 2.34. The van der Waals surface area contributed by atoms with Crippen LogP contribution >= 0.6 is 11.6 Å². The van der Waals surface area contributed by atoms with E-state index in [0.717, 1.165) is 5.56 Å². The maximum atomic E-state index is 11.9. The number of halogens is 1. The van der Waals surface area contributed by atoms with Crippen molar-refractivity contribution in [3.05, 3.63) is 28.8 Å². The molecule has 1 aromatic carbocycles. The summed E-state index contributed by atoms with van der Waals surface area (Å²) >= 11 is 5.85. The number of esters is 1. The number of carboxylic acids is 1. The number of rotatable bonds is 8. The van der Waals surface area contributed by atoms with Crippen molar-refractivity contribution in [2.75, 3.05) is 34.3 Å². The van der Waals surface area contributed by atoms with Gasteiger partial charge >= 0.3 is 11.9 Å². The van der Waals surface area contributed by atoms with Crippen LogP contribution in [0.5, 0.6) is 5.75 Å². The molecule has 0 spiro atoms. The fraction of sp³-hybridized carbons (Fsp3) is 0.500. The van der Waals surface area contributed by atoms with Gasteiger partial charge in [-0.2, -0.15) is 0 Å². The molecule has 0 saturated carbocycles.